The summed E-state index contributed by atoms with van der Waals surface area (Å²) >= 11 is 6.18. The molecule has 0 amide bonds. The summed E-state index contributed by atoms with van der Waals surface area (Å²) in [4.78, 5) is 0. The van der Waals surface area contributed by atoms with E-state index in [0.717, 1.165) is 24.4 Å². The summed E-state index contributed by atoms with van der Waals surface area (Å²) in [5.74, 6) is 0. The van der Waals surface area contributed by atoms with Gasteiger partial charge in [-0.2, -0.15) is 0 Å². The Balaban J connectivity index is 2.68. The van der Waals surface area contributed by atoms with Gasteiger partial charge in [0.05, 0.1) is 6.10 Å². The maximum Gasteiger partial charge on any atom is 0.0699 e. The van der Waals surface area contributed by atoms with Crippen LogP contribution in [0.5, 0.6) is 0 Å². The number of rotatable bonds is 7. The van der Waals surface area contributed by atoms with E-state index in [1.165, 1.54) is 5.56 Å². The molecule has 1 aromatic carbocycles. The predicted octanol–water partition coefficient (Wildman–Crippen LogP) is 3.29. The lowest BCUT2D eigenvalue weighted by Gasteiger charge is -2.24. The van der Waals surface area contributed by atoms with Crippen molar-refractivity contribution in [2.75, 3.05) is 13.7 Å². The fraction of sp³-hybridized carbons (Fsp3) is 0.571. The number of halogens is 1. The summed E-state index contributed by atoms with van der Waals surface area (Å²) in [6.07, 6.45) is 2.20. The normalized spacial score (nSPS) is 14.6. The second kappa shape index (κ2) is 7.70. The minimum absolute atomic E-state index is 0.179. The summed E-state index contributed by atoms with van der Waals surface area (Å²) in [7, 11) is 1.75. The SMILES string of the molecule is CCCNC(Cc1ccccc1Cl)C(C)OC. The molecular formula is C14H22ClNO. The fourth-order valence-electron chi connectivity index (χ4n) is 1.80. The van der Waals surface area contributed by atoms with Gasteiger partial charge in [0, 0.05) is 18.2 Å². The largest absolute Gasteiger partial charge is 0.380 e. The second-order valence-corrected chi connectivity index (χ2v) is 4.70. The second-order valence-electron chi connectivity index (χ2n) is 4.30. The molecule has 96 valence electrons. The van der Waals surface area contributed by atoms with E-state index in [9.17, 15) is 0 Å². The van der Waals surface area contributed by atoms with Gasteiger partial charge in [-0.1, -0.05) is 36.7 Å². The molecule has 1 aromatic rings. The summed E-state index contributed by atoms with van der Waals surface area (Å²) in [6, 6.07) is 8.30. The highest BCUT2D eigenvalue weighted by Crippen LogP contribution is 2.18. The van der Waals surface area contributed by atoms with E-state index in [0.29, 0.717) is 6.04 Å². The molecule has 0 aliphatic carbocycles. The van der Waals surface area contributed by atoms with Gasteiger partial charge >= 0.3 is 0 Å². The number of methoxy groups -OCH3 is 1. The molecule has 2 unspecified atom stereocenters. The van der Waals surface area contributed by atoms with Crippen LogP contribution in [0.25, 0.3) is 0 Å². The molecule has 0 spiro atoms. The lowest BCUT2D eigenvalue weighted by molar-refractivity contribution is 0.0831. The lowest BCUT2D eigenvalue weighted by atomic mass is 10.0. The van der Waals surface area contributed by atoms with Crippen molar-refractivity contribution < 1.29 is 4.74 Å². The first-order valence-electron chi connectivity index (χ1n) is 6.18. The van der Waals surface area contributed by atoms with Crippen LogP contribution in [0.3, 0.4) is 0 Å². The van der Waals surface area contributed by atoms with Gasteiger partial charge in [-0.05, 0) is 37.9 Å². The predicted molar refractivity (Wildman–Crippen MR) is 73.7 cm³/mol. The van der Waals surface area contributed by atoms with Crippen LogP contribution in [-0.2, 0) is 11.2 Å². The van der Waals surface area contributed by atoms with E-state index in [1.54, 1.807) is 7.11 Å². The van der Waals surface area contributed by atoms with Crippen molar-refractivity contribution in [3.05, 3.63) is 34.9 Å². The summed E-state index contributed by atoms with van der Waals surface area (Å²) in [5, 5.41) is 4.34. The number of hydrogen-bond donors (Lipinski definition) is 1. The van der Waals surface area contributed by atoms with Crippen LogP contribution in [0.4, 0.5) is 0 Å². The van der Waals surface area contributed by atoms with Crippen molar-refractivity contribution in [1.82, 2.24) is 5.32 Å². The molecule has 2 atom stereocenters. The molecule has 17 heavy (non-hydrogen) atoms. The Morgan fingerprint density at radius 1 is 1.35 bits per heavy atom. The van der Waals surface area contributed by atoms with Crippen LogP contribution in [-0.4, -0.2) is 25.8 Å². The lowest BCUT2D eigenvalue weighted by Crippen LogP contribution is -2.41. The number of hydrogen-bond acceptors (Lipinski definition) is 2. The Morgan fingerprint density at radius 2 is 2.06 bits per heavy atom. The van der Waals surface area contributed by atoms with Gasteiger partial charge in [0.25, 0.3) is 0 Å². The Hall–Kier alpha value is -0.570. The van der Waals surface area contributed by atoms with E-state index < -0.39 is 0 Å². The van der Waals surface area contributed by atoms with Gasteiger partial charge in [-0.15, -0.1) is 0 Å². The van der Waals surface area contributed by atoms with E-state index >= 15 is 0 Å². The molecular weight excluding hydrogens is 234 g/mol. The smallest absolute Gasteiger partial charge is 0.0699 e. The van der Waals surface area contributed by atoms with Crippen LogP contribution >= 0.6 is 11.6 Å². The van der Waals surface area contributed by atoms with Crippen molar-refractivity contribution in [3.8, 4) is 0 Å². The number of ether oxygens (including phenoxy) is 1. The molecule has 1 N–H and O–H groups in total. The van der Waals surface area contributed by atoms with E-state index in [1.807, 2.05) is 18.2 Å². The average Bonchev–Trinajstić information content (AvgIpc) is 2.35. The van der Waals surface area contributed by atoms with Crippen LogP contribution < -0.4 is 5.32 Å². The van der Waals surface area contributed by atoms with E-state index in [4.69, 9.17) is 16.3 Å². The number of nitrogens with one attached hydrogen (secondary N) is 1. The number of benzene rings is 1. The summed E-state index contributed by atoms with van der Waals surface area (Å²) in [6.45, 7) is 5.25. The Labute approximate surface area is 109 Å². The van der Waals surface area contributed by atoms with Gasteiger partial charge < -0.3 is 10.1 Å². The van der Waals surface area contributed by atoms with Gasteiger partial charge in [-0.3, -0.25) is 0 Å². The maximum atomic E-state index is 6.18. The molecule has 3 heteroatoms. The summed E-state index contributed by atoms with van der Waals surface area (Å²) < 4.78 is 5.42. The van der Waals surface area contributed by atoms with Gasteiger partial charge in [0.2, 0.25) is 0 Å². The molecule has 0 heterocycles. The highest BCUT2D eigenvalue weighted by molar-refractivity contribution is 6.31. The molecule has 0 saturated heterocycles. The zero-order valence-electron chi connectivity index (χ0n) is 10.9. The molecule has 2 nitrogen and oxygen atoms in total. The quantitative estimate of drug-likeness (QED) is 0.807. The molecule has 1 rings (SSSR count). The minimum atomic E-state index is 0.179. The first kappa shape index (κ1) is 14.5. The standard InChI is InChI=1S/C14H22ClNO/c1-4-9-16-14(11(2)17-3)10-12-7-5-6-8-13(12)15/h5-8,11,14,16H,4,9-10H2,1-3H3. The zero-order valence-corrected chi connectivity index (χ0v) is 11.6. The topological polar surface area (TPSA) is 21.3 Å². The molecule has 0 radical (unpaired) electrons. The fourth-order valence-corrected chi connectivity index (χ4v) is 2.01. The third-order valence-electron chi connectivity index (χ3n) is 2.99. The highest BCUT2D eigenvalue weighted by Gasteiger charge is 2.17. The third-order valence-corrected chi connectivity index (χ3v) is 3.36. The van der Waals surface area contributed by atoms with Crippen molar-refractivity contribution in [2.45, 2.75) is 38.8 Å². The first-order valence-corrected chi connectivity index (χ1v) is 6.56. The Morgan fingerprint density at radius 3 is 2.65 bits per heavy atom. The average molecular weight is 256 g/mol. The van der Waals surface area contributed by atoms with Gasteiger partial charge in [-0.25, -0.2) is 0 Å². The van der Waals surface area contributed by atoms with Gasteiger partial charge in [0.1, 0.15) is 0 Å². The molecule has 0 bridgehead atoms. The Kier molecular flexibility index (Phi) is 6.56. The Bertz CT molecular complexity index is 330. The summed E-state index contributed by atoms with van der Waals surface area (Å²) in [5.41, 5.74) is 1.17. The zero-order chi connectivity index (χ0) is 12.7. The van der Waals surface area contributed by atoms with Crippen LogP contribution in [0.2, 0.25) is 5.02 Å². The van der Waals surface area contributed by atoms with E-state index in [-0.39, 0.29) is 6.10 Å². The molecule has 0 saturated carbocycles. The van der Waals surface area contributed by atoms with Crippen molar-refractivity contribution in [3.63, 3.8) is 0 Å². The molecule has 0 aromatic heterocycles. The van der Waals surface area contributed by atoms with Crippen LogP contribution in [0, 0.1) is 0 Å². The van der Waals surface area contributed by atoms with Crippen molar-refractivity contribution in [1.29, 1.82) is 0 Å². The molecule has 0 aliphatic heterocycles. The maximum absolute atomic E-state index is 6.18. The van der Waals surface area contributed by atoms with Crippen molar-refractivity contribution in [2.24, 2.45) is 0 Å². The van der Waals surface area contributed by atoms with Crippen LogP contribution in [0.1, 0.15) is 25.8 Å². The third kappa shape index (κ3) is 4.66. The minimum Gasteiger partial charge on any atom is -0.380 e. The highest BCUT2D eigenvalue weighted by atomic mass is 35.5. The first-order chi connectivity index (χ1) is 8.19. The van der Waals surface area contributed by atoms with E-state index in [2.05, 4.69) is 25.2 Å². The monoisotopic (exact) mass is 255 g/mol. The molecule has 0 fully saturated rings. The van der Waals surface area contributed by atoms with Crippen LogP contribution in [0.15, 0.2) is 24.3 Å². The van der Waals surface area contributed by atoms with Crippen molar-refractivity contribution >= 4 is 11.6 Å². The van der Waals surface area contributed by atoms with Gasteiger partial charge in [0.15, 0.2) is 0 Å². The molecule has 0 aliphatic rings.